The molecular formula is C19H25ClN2O2. The van der Waals surface area contributed by atoms with E-state index < -0.39 is 0 Å². The average molecular weight is 349 g/mol. The number of pyridine rings is 1. The first-order valence-electron chi connectivity index (χ1n) is 8.82. The fourth-order valence-corrected chi connectivity index (χ4v) is 3.53. The maximum atomic E-state index is 9.61. The monoisotopic (exact) mass is 348 g/mol. The molecule has 0 aromatic carbocycles. The lowest BCUT2D eigenvalue weighted by molar-refractivity contribution is 0.111. The van der Waals surface area contributed by atoms with Crippen LogP contribution in [0.1, 0.15) is 44.6 Å². The molecule has 2 heterocycles. The minimum atomic E-state index is -0.117. The summed E-state index contributed by atoms with van der Waals surface area (Å²) in [4.78, 5) is 4.17. The van der Waals surface area contributed by atoms with Crippen LogP contribution in [0.4, 0.5) is 5.69 Å². The molecule has 24 heavy (non-hydrogen) atoms. The molecule has 2 atom stereocenters. The van der Waals surface area contributed by atoms with Crippen LogP contribution in [0.5, 0.6) is 0 Å². The zero-order valence-corrected chi connectivity index (χ0v) is 14.9. The average Bonchev–Trinajstić information content (AvgIpc) is 2.98. The van der Waals surface area contributed by atoms with Crippen molar-refractivity contribution in [2.45, 2.75) is 51.2 Å². The van der Waals surface area contributed by atoms with Gasteiger partial charge in [-0.1, -0.05) is 23.4 Å². The maximum Gasteiger partial charge on any atom is 0.131 e. The smallest absolute Gasteiger partial charge is 0.131 e. The molecule has 5 heteroatoms. The van der Waals surface area contributed by atoms with Gasteiger partial charge in [-0.3, -0.25) is 0 Å². The number of anilines is 1. The Labute approximate surface area is 149 Å². The highest BCUT2D eigenvalue weighted by atomic mass is 35.5. The van der Waals surface area contributed by atoms with Gasteiger partial charge < -0.3 is 15.2 Å². The third kappa shape index (κ3) is 4.63. The minimum absolute atomic E-state index is 0.117. The van der Waals surface area contributed by atoms with Gasteiger partial charge in [0.2, 0.25) is 0 Å². The van der Waals surface area contributed by atoms with Crippen LogP contribution in [-0.2, 0) is 4.74 Å². The summed E-state index contributed by atoms with van der Waals surface area (Å²) in [6.45, 7) is 3.74. The summed E-state index contributed by atoms with van der Waals surface area (Å²) in [6.07, 6.45) is 6.73. The Balaban J connectivity index is 1.66. The lowest BCUT2D eigenvalue weighted by Gasteiger charge is -2.26. The highest BCUT2D eigenvalue weighted by molar-refractivity contribution is 6.29. The molecule has 1 saturated heterocycles. The van der Waals surface area contributed by atoms with Crippen molar-refractivity contribution in [1.29, 1.82) is 0 Å². The predicted octanol–water partition coefficient (Wildman–Crippen LogP) is 3.47. The zero-order chi connectivity index (χ0) is 16.9. The van der Waals surface area contributed by atoms with Crippen LogP contribution in [0.25, 0.3) is 0 Å². The van der Waals surface area contributed by atoms with E-state index in [0.717, 1.165) is 56.5 Å². The molecule has 130 valence electrons. The standard InChI is InChI=1S/C19H25ClN2O2/c1-13-15(8-9-24-13)4-5-16-12-22-19(20)10-18(16)21-11-14-2-6-17(23)7-3-14/h10,12-15,17,23H,2-3,6-9,11H2,1H3,(H,21,22). The largest absolute Gasteiger partial charge is 0.393 e. The van der Waals surface area contributed by atoms with Crippen LogP contribution in [-0.4, -0.2) is 35.5 Å². The van der Waals surface area contributed by atoms with Crippen LogP contribution in [0.2, 0.25) is 5.15 Å². The first-order valence-corrected chi connectivity index (χ1v) is 9.20. The van der Waals surface area contributed by atoms with Gasteiger partial charge in [0.05, 0.1) is 23.5 Å². The molecule has 2 aliphatic rings. The highest BCUT2D eigenvalue weighted by Crippen LogP contribution is 2.26. The van der Waals surface area contributed by atoms with E-state index in [1.165, 1.54) is 0 Å². The van der Waals surface area contributed by atoms with Crippen molar-refractivity contribution in [2.24, 2.45) is 11.8 Å². The normalized spacial score (nSPS) is 29.8. The minimum Gasteiger partial charge on any atom is -0.393 e. The molecule has 0 spiro atoms. The number of nitrogens with one attached hydrogen (secondary N) is 1. The number of ether oxygens (including phenoxy) is 1. The lowest BCUT2D eigenvalue weighted by atomic mass is 9.87. The van der Waals surface area contributed by atoms with Crippen LogP contribution < -0.4 is 5.32 Å². The van der Waals surface area contributed by atoms with Gasteiger partial charge in [-0.2, -0.15) is 0 Å². The Morgan fingerprint density at radius 2 is 2.12 bits per heavy atom. The molecule has 1 aliphatic heterocycles. The number of halogens is 1. The zero-order valence-electron chi connectivity index (χ0n) is 14.1. The third-order valence-corrected chi connectivity index (χ3v) is 5.24. The lowest BCUT2D eigenvalue weighted by Crippen LogP contribution is -2.23. The number of aliphatic hydroxyl groups is 1. The van der Waals surface area contributed by atoms with Gasteiger partial charge in [0.1, 0.15) is 5.15 Å². The predicted molar refractivity (Wildman–Crippen MR) is 96.1 cm³/mol. The van der Waals surface area contributed by atoms with E-state index in [4.69, 9.17) is 16.3 Å². The van der Waals surface area contributed by atoms with E-state index in [1.54, 1.807) is 6.20 Å². The second kappa shape index (κ2) is 8.20. The molecule has 2 unspecified atom stereocenters. The molecule has 0 radical (unpaired) electrons. The van der Waals surface area contributed by atoms with Crippen molar-refractivity contribution in [3.05, 3.63) is 23.0 Å². The van der Waals surface area contributed by atoms with Crippen LogP contribution in [0, 0.1) is 23.7 Å². The highest BCUT2D eigenvalue weighted by Gasteiger charge is 2.22. The van der Waals surface area contributed by atoms with Gasteiger partial charge in [0.25, 0.3) is 0 Å². The molecule has 1 saturated carbocycles. The van der Waals surface area contributed by atoms with Gasteiger partial charge in [-0.25, -0.2) is 4.98 Å². The van der Waals surface area contributed by atoms with Gasteiger partial charge in [-0.05, 0) is 51.0 Å². The topological polar surface area (TPSA) is 54.4 Å². The summed E-state index contributed by atoms with van der Waals surface area (Å²) >= 11 is 6.06. The molecular weight excluding hydrogens is 324 g/mol. The number of aromatic nitrogens is 1. The van der Waals surface area contributed by atoms with Gasteiger partial charge in [-0.15, -0.1) is 0 Å². The van der Waals surface area contributed by atoms with Crippen LogP contribution in [0.3, 0.4) is 0 Å². The van der Waals surface area contributed by atoms with E-state index in [0.29, 0.717) is 11.1 Å². The maximum absolute atomic E-state index is 9.61. The molecule has 0 amide bonds. The first kappa shape index (κ1) is 17.5. The summed E-state index contributed by atoms with van der Waals surface area (Å²) in [5, 5.41) is 13.6. The van der Waals surface area contributed by atoms with Crippen LogP contribution in [0.15, 0.2) is 12.3 Å². The van der Waals surface area contributed by atoms with Crippen molar-refractivity contribution in [3.63, 3.8) is 0 Å². The first-order chi connectivity index (χ1) is 11.6. The quantitative estimate of drug-likeness (QED) is 0.648. The van der Waals surface area contributed by atoms with Crippen molar-refractivity contribution in [1.82, 2.24) is 4.98 Å². The van der Waals surface area contributed by atoms with Crippen molar-refractivity contribution in [2.75, 3.05) is 18.5 Å². The van der Waals surface area contributed by atoms with E-state index in [9.17, 15) is 5.11 Å². The number of nitrogens with zero attached hydrogens (tertiary/aromatic N) is 1. The number of hydrogen-bond acceptors (Lipinski definition) is 4. The van der Waals surface area contributed by atoms with Crippen molar-refractivity contribution < 1.29 is 9.84 Å². The van der Waals surface area contributed by atoms with E-state index in [2.05, 4.69) is 29.1 Å². The van der Waals surface area contributed by atoms with Crippen molar-refractivity contribution in [3.8, 4) is 11.8 Å². The number of aliphatic hydroxyl groups excluding tert-OH is 1. The Kier molecular flexibility index (Phi) is 5.99. The summed E-state index contributed by atoms with van der Waals surface area (Å²) < 4.78 is 5.56. The number of hydrogen-bond donors (Lipinski definition) is 2. The Bertz CT molecular complexity index is 618. The summed E-state index contributed by atoms with van der Waals surface area (Å²) in [5.41, 5.74) is 1.83. The van der Waals surface area contributed by atoms with Gasteiger partial charge in [0, 0.05) is 25.3 Å². The molecule has 1 aromatic heterocycles. The Morgan fingerprint density at radius 1 is 1.33 bits per heavy atom. The fraction of sp³-hybridized carbons (Fsp3) is 0.632. The summed E-state index contributed by atoms with van der Waals surface area (Å²) in [6, 6.07) is 1.85. The molecule has 2 N–H and O–H groups in total. The van der Waals surface area contributed by atoms with E-state index in [-0.39, 0.29) is 18.1 Å². The molecule has 2 fully saturated rings. The second-order valence-electron chi connectivity index (χ2n) is 6.85. The third-order valence-electron chi connectivity index (χ3n) is 5.04. The molecule has 0 bridgehead atoms. The van der Waals surface area contributed by atoms with Crippen molar-refractivity contribution >= 4 is 17.3 Å². The molecule has 1 aromatic rings. The second-order valence-corrected chi connectivity index (χ2v) is 7.24. The Morgan fingerprint density at radius 3 is 2.83 bits per heavy atom. The van der Waals surface area contributed by atoms with E-state index >= 15 is 0 Å². The van der Waals surface area contributed by atoms with E-state index in [1.807, 2.05) is 6.07 Å². The Hall–Kier alpha value is -1.28. The SMILES string of the molecule is CC1OCCC1C#Cc1cnc(Cl)cc1NCC1CCC(O)CC1. The van der Waals surface area contributed by atoms with Gasteiger partial charge in [0.15, 0.2) is 0 Å². The van der Waals surface area contributed by atoms with Crippen LogP contribution >= 0.6 is 11.6 Å². The molecule has 3 rings (SSSR count). The summed E-state index contributed by atoms with van der Waals surface area (Å²) in [5.74, 6) is 7.45. The fourth-order valence-electron chi connectivity index (χ4n) is 3.37. The molecule has 1 aliphatic carbocycles. The molecule has 4 nitrogen and oxygen atoms in total. The van der Waals surface area contributed by atoms with Gasteiger partial charge >= 0.3 is 0 Å². The number of rotatable bonds is 3. The summed E-state index contributed by atoms with van der Waals surface area (Å²) in [7, 11) is 0.